The molecular weight excluding hydrogens is 322 g/mol. The van der Waals surface area contributed by atoms with Crippen LogP contribution in [0.2, 0.25) is 0 Å². The van der Waals surface area contributed by atoms with E-state index in [4.69, 9.17) is 9.47 Å². The van der Waals surface area contributed by atoms with Gasteiger partial charge < -0.3 is 14.8 Å². The Kier molecular flexibility index (Phi) is 5.02. The Bertz CT molecular complexity index is 704. The second-order valence-electron chi connectivity index (χ2n) is 6.56. The normalized spacial score (nSPS) is 24.5. The average molecular weight is 346 g/mol. The van der Waals surface area contributed by atoms with Crippen molar-refractivity contribution in [2.24, 2.45) is 5.92 Å². The average Bonchev–Trinajstić information content (AvgIpc) is 3.10. The zero-order chi connectivity index (χ0) is 15.8. The molecular formula is C20H24ClNO2. The predicted molar refractivity (Wildman–Crippen MR) is 98.8 cm³/mol. The van der Waals surface area contributed by atoms with Gasteiger partial charge in [0.2, 0.25) is 0 Å². The quantitative estimate of drug-likeness (QED) is 0.918. The zero-order valence-corrected chi connectivity index (χ0v) is 14.9. The highest BCUT2D eigenvalue weighted by Crippen LogP contribution is 2.48. The van der Waals surface area contributed by atoms with Gasteiger partial charge in [-0.1, -0.05) is 30.3 Å². The first-order valence-corrected chi connectivity index (χ1v) is 8.32. The van der Waals surface area contributed by atoms with Crippen molar-refractivity contribution in [2.75, 3.05) is 27.3 Å². The third kappa shape index (κ3) is 2.76. The van der Waals surface area contributed by atoms with E-state index in [9.17, 15) is 0 Å². The van der Waals surface area contributed by atoms with Crippen molar-refractivity contribution < 1.29 is 9.47 Å². The molecule has 2 aliphatic rings. The molecule has 128 valence electrons. The summed E-state index contributed by atoms with van der Waals surface area (Å²) >= 11 is 0. The van der Waals surface area contributed by atoms with Gasteiger partial charge in [0.25, 0.3) is 0 Å². The van der Waals surface area contributed by atoms with E-state index < -0.39 is 0 Å². The van der Waals surface area contributed by atoms with Crippen LogP contribution in [0.3, 0.4) is 0 Å². The zero-order valence-electron chi connectivity index (χ0n) is 14.1. The van der Waals surface area contributed by atoms with Crippen molar-refractivity contribution in [1.29, 1.82) is 0 Å². The number of methoxy groups -OCH3 is 2. The van der Waals surface area contributed by atoms with Gasteiger partial charge in [-0.3, -0.25) is 0 Å². The van der Waals surface area contributed by atoms with Crippen LogP contribution in [-0.4, -0.2) is 27.3 Å². The van der Waals surface area contributed by atoms with E-state index in [2.05, 4.69) is 47.8 Å². The van der Waals surface area contributed by atoms with Gasteiger partial charge in [-0.25, -0.2) is 0 Å². The molecule has 0 unspecified atom stereocenters. The van der Waals surface area contributed by atoms with Gasteiger partial charge in [-0.2, -0.15) is 0 Å². The van der Waals surface area contributed by atoms with E-state index in [0.717, 1.165) is 31.0 Å². The molecule has 4 rings (SSSR count). The summed E-state index contributed by atoms with van der Waals surface area (Å²) in [5, 5.41) is 3.60. The first-order chi connectivity index (χ1) is 11.3. The van der Waals surface area contributed by atoms with Crippen molar-refractivity contribution in [2.45, 2.75) is 18.3 Å². The maximum atomic E-state index is 5.52. The fourth-order valence-corrected chi connectivity index (χ4v) is 4.37. The third-order valence-corrected chi connectivity index (χ3v) is 5.49. The molecule has 0 spiro atoms. The topological polar surface area (TPSA) is 30.5 Å². The Labute approximate surface area is 149 Å². The Morgan fingerprint density at radius 2 is 1.62 bits per heavy atom. The van der Waals surface area contributed by atoms with Crippen molar-refractivity contribution in [3.05, 3.63) is 59.2 Å². The van der Waals surface area contributed by atoms with Crippen LogP contribution in [0.15, 0.2) is 42.5 Å². The van der Waals surface area contributed by atoms with Crippen LogP contribution in [-0.2, 0) is 6.42 Å². The SMILES string of the molecule is COc1cc2c(cc1OC)[C@H]1CNC[C@H]1[C@@H](c1ccccc1)C2.Cl. The maximum absolute atomic E-state index is 5.52. The molecule has 1 fully saturated rings. The molecule has 2 aromatic rings. The highest BCUT2D eigenvalue weighted by Gasteiger charge is 2.40. The van der Waals surface area contributed by atoms with Crippen LogP contribution in [0.1, 0.15) is 28.5 Å². The minimum absolute atomic E-state index is 0. The van der Waals surface area contributed by atoms with Gasteiger partial charge in [-0.15, -0.1) is 12.4 Å². The fraction of sp³-hybridized carbons (Fsp3) is 0.400. The lowest BCUT2D eigenvalue weighted by molar-refractivity contribution is 0.347. The number of hydrogen-bond acceptors (Lipinski definition) is 3. The molecule has 0 amide bonds. The Morgan fingerprint density at radius 3 is 2.33 bits per heavy atom. The second-order valence-corrected chi connectivity index (χ2v) is 6.56. The van der Waals surface area contributed by atoms with Crippen LogP contribution in [0.5, 0.6) is 11.5 Å². The van der Waals surface area contributed by atoms with Crippen LogP contribution in [0.25, 0.3) is 0 Å². The monoisotopic (exact) mass is 345 g/mol. The second kappa shape index (κ2) is 7.04. The lowest BCUT2D eigenvalue weighted by Crippen LogP contribution is -2.27. The van der Waals surface area contributed by atoms with Crippen LogP contribution in [0.4, 0.5) is 0 Å². The lowest BCUT2D eigenvalue weighted by atomic mass is 9.68. The lowest BCUT2D eigenvalue weighted by Gasteiger charge is -2.36. The van der Waals surface area contributed by atoms with Gasteiger partial charge in [0.1, 0.15) is 0 Å². The molecule has 3 nitrogen and oxygen atoms in total. The Balaban J connectivity index is 0.00000169. The summed E-state index contributed by atoms with van der Waals surface area (Å²) in [5.74, 6) is 3.46. The molecule has 1 saturated heterocycles. The molecule has 1 N–H and O–H groups in total. The van der Waals surface area contributed by atoms with Gasteiger partial charge in [0.05, 0.1) is 14.2 Å². The fourth-order valence-electron chi connectivity index (χ4n) is 4.37. The summed E-state index contributed by atoms with van der Waals surface area (Å²) in [5.41, 5.74) is 4.29. The molecule has 4 heteroatoms. The minimum atomic E-state index is 0. The summed E-state index contributed by atoms with van der Waals surface area (Å²) in [6.07, 6.45) is 1.07. The summed E-state index contributed by atoms with van der Waals surface area (Å²) < 4.78 is 11.0. The standard InChI is InChI=1S/C20H23NO2.ClH/c1-22-19-9-14-8-15(13-6-4-3-5-7-13)17-11-21-12-18(17)16(14)10-20(19)23-2;/h3-7,9-10,15,17-18,21H,8,11-12H2,1-2H3;1H/t15-,17+,18-;/m1./s1. The predicted octanol–water partition coefficient (Wildman–Crippen LogP) is 3.77. The maximum Gasteiger partial charge on any atom is 0.161 e. The molecule has 24 heavy (non-hydrogen) atoms. The number of rotatable bonds is 3. The van der Waals surface area contributed by atoms with Crippen molar-refractivity contribution >= 4 is 12.4 Å². The molecule has 1 aliphatic carbocycles. The number of hydrogen-bond donors (Lipinski definition) is 1. The molecule has 0 bridgehead atoms. The Hall–Kier alpha value is -1.71. The molecule has 3 atom stereocenters. The number of ether oxygens (including phenoxy) is 2. The van der Waals surface area contributed by atoms with E-state index in [1.165, 1.54) is 16.7 Å². The number of nitrogens with one attached hydrogen (secondary N) is 1. The number of benzene rings is 2. The molecule has 2 aromatic carbocycles. The van der Waals surface area contributed by atoms with Gasteiger partial charge >= 0.3 is 0 Å². The van der Waals surface area contributed by atoms with E-state index in [-0.39, 0.29) is 12.4 Å². The summed E-state index contributed by atoms with van der Waals surface area (Å²) in [6, 6.07) is 15.3. The van der Waals surface area contributed by atoms with Crippen molar-refractivity contribution in [3.8, 4) is 11.5 Å². The van der Waals surface area contributed by atoms with Gasteiger partial charge in [0.15, 0.2) is 11.5 Å². The first-order valence-electron chi connectivity index (χ1n) is 8.32. The van der Waals surface area contributed by atoms with Crippen LogP contribution in [0, 0.1) is 5.92 Å². The van der Waals surface area contributed by atoms with E-state index in [1.807, 2.05) is 0 Å². The molecule has 0 radical (unpaired) electrons. The number of fused-ring (bicyclic) bond motifs is 3. The van der Waals surface area contributed by atoms with Crippen molar-refractivity contribution in [3.63, 3.8) is 0 Å². The van der Waals surface area contributed by atoms with Crippen LogP contribution < -0.4 is 14.8 Å². The largest absolute Gasteiger partial charge is 0.493 e. The van der Waals surface area contributed by atoms with E-state index in [1.54, 1.807) is 14.2 Å². The van der Waals surface area contributed by atoms with E-state index >= 15 is 0 Å². The highest BCUT2D eigenvalue weighted by molar-refractivity contribution is 5.85. The highest BCUT2D eigenvalue weighted by atomic mass is 35.5. The van der Waals surface area contributed by atoms with Crippen LogP contribution >= 0.6 is 12.4 Å². The molecule has 0 aromatic heterocycles. The number of halogens is 1. The summed E-state index contributed by atoms with van der Waals surface area (Å²) in [7, 11) is 3.42. The first kappa shape index (κ1) is 17.1. The molecule has 0 saturated carbocycles. The Morgan fingerprint density at radius 1 is 0.917 bits per heavy atom. The smallest absolute Gasteiger partial charge is 0.161 e. The summed E-state index contributed by atoms with van der Waals surface area (Å²) in [6.45, 7) is 2.15. The minimum Gasteiger partial charge on any atom is -0.493 e. The molecule has 1 heterocycles. The molecule has 1 aliphatic heterocycles. The van der Waals surface area contributed by atoms with E-state index in [0.29, 0.717) is 17.8 Å². The van der Waals surface area contributed by atoms with Gasteiger partial charge in [-0.05, 0) is 53.6 Å². The van der Waals surface area contributed by atoms with Crippen molar-refractivity contribution in [1.82, 2.24) is 5.32 Å². The van der Waals surface area contributed by atoms with Gasteiger partial charge in [0, 0.05) is 12.5 Å². The third-order valence-electron chi connectivity index (χ3n) is 5.49. The summed E-state index contributed by atoms with van der Waals surface area (Å²) in [4.78, 5) is 0.